The van der Waals surface area contributed by atoms with E-state index in [9.17, 15) is 65.8 Å². The van der Waals surface area contributed by atoms with Crippen LogP contribution in [0.5, 0.6) is 0 Å². The minimum Gasteiger partial charge on any atom is -0.396 e. The van der Waals surface area contributed by atoms with E-state index in [1.54, 1.807) is 0 Å². The predicted octanol–water partition coefficient (Wildman–Crippen LogP) is -1.89. The van der Waals surface area contributed by atoms with Crippen molar-refractivity contribution in [3.8, 4) is 0 Å². The Hall–Kier alpha value is -1.60. The highest BCUT2D eigenvalue weighted by atomic mass is 16.8. The van der Waals surface area contributed by atoms with Gasteiger partial charge in [0, 0.05) is 31.3 Å². The van der Waals surface area contributed by atoms with Crippen LogP contribution in [0.2, 0.25) is 0 Å². The molecular formula is C43H68O19. The van der Waals surface area contributed by atoms with Gasteiger partial charge in [-0.15, -0.1) is 0 Å². The van der Waals surface area contributed by atoms with Crippen molar-refractivity contribution in [2.24, 2.45) is 46.3 Å². The Morgan fingerprint density at radius 1 is 0.742 bits per heavy atom. The maximum Gasteiger partial charge on any atom is 0.189 e. The lowest BCUT2D eigenvalue weighted by Crippen LogP contribution is -2.67. The molecule has 19 nitrogen and oxygen atoms in total. The molecule has 0 amide bonds. The minimum atomic E-state index is -2.00. The van der Waals surface area contributed by atoms with Crippen molar-refractivity contribution < 1.29 is 94.2 Å². The summed E-state index contributed by atoms with van der Waals surface area (Å²) in [5, 5.41) is 114. The van der Waals surface area contributed by atoms with Gasteiger partial charge in [0.1, 0.15) is 72.6 Å². The number of ether oxygens (including phenoxy) is 6. The quantitative estimate of drug-likeness (QED) is 0.0901. The van der Waals surface area contributed by atoms with Gasteiger partial charge >= 0.3 is 0 Å². The van der Waals surface area contributed by atoms with Crippen molar-refractivity contribution in [1.29, 1.82) is 0 Å². The summed E-state index contributed by atoms with van der Waals surface area (Å²) >= 11 is 0. The zero-order valence-corrected chi connectivity index (χ0v) is 35.7. The molecule has 19 heteroatoms. The average Bonchev–Trinajstić information content (AvgIpc) is 3.52. The Kier molecular flexibility index (Phi) is 14.8. The Morgan fingerprint density at radius 2 is 1.35 bits per heavy atom. The molecule has 1 unspecified atom stereocenters. The third kappa shape index (κ3) is 8.74. The first-order valence-electron chi connectivity index (χ1n) is 22.3. The number of hydrogen-bond acceptors (Lipinski definition) is 19. The molecule has 3 heterocycles. The number of fused-ring (bicyclic) bond motifs is 5. The first kappa shape index (κ1) is 48.3. The third-order valence-electron chi connectivity index (χ3n) is 16.0. The van der Waals surface area contributed by atoms with Crippen LogP contribution in [0, 0.1) is 46.3 Å². The van der Waals surface area contributed by atoms with Crippen molar-refractivity contribution in [3.05, 3.63) is 11.6 Å². The van der Waals surface area contributed by atoms with E-state index in [2.05, 4.69) is 19.9 Å². The molecule has 11 N–H and O–H groups in total. The van der Waals surface area contributed by atoms with Gasteiger partial charge in [-0.05, 0) is 79.4 Å². The second kappa shape index (κ2) is 18.9. The van der Waals surface area contributed by atoms with Gasteiger partial charge in [0.25, 0.3) is 0 Å². The van der Waals surface area contributed by atoms with Crippen molar-refractivity contribution in [2.75, 3.05) is 13.2 Å². The Balaban J connectivity index is 1.08. The van der Waals surface area contributed by atoms with Crippen molar-refractivity contribution in [3.63, 3.8) is 0 Å². The molecule has 354 valence electrons. The third-order valence-corrected chi connectivity index (χ3v) is 16.0. The van der Waals surface area contributed by atoms with E-state index in [0.717, 1.165) is 19.3 Å². The second-order valence-corrected chi connectivity index (χ2v) is 19.7. The number of carbonyl (C=O) groups excluding carboxylic acids is 2. The van der Waals surface area contributed by atoms with Crippen LogP contribution in [0.15, 0.2) is 11.6 Å². The number of allylic oxidation sites excluding steroid dienone is 1. The minimum absolute atomic E-state index is 0.0158. The molecule has 0 aromatic carbocycles. The SMILES string of the molecule is C[C@H](CO)CCC(=O)[C@@H](C)[C@@H]1C(=O)C[C@H]2[C@@H]3CC=C4CC(O[C@@H]5O[C@H](CO)[C@@H](O[C@H]6O[C@@H](O)[C@H](O)[C@@H](O)[C@H]6O)[C@H](O)[C@H]5O[C@H]5O[C@@H](O)[C@H](O)[C@@H](O)[C@H]5O)CC[C@]4(C)[C@H]3CC[C@@]21C. The molecule has 0 aromatic rings. The van der Waals surface area contributed by atoms with Crippen LogP contribution >= 0.6 is 0 Å². The monoisotopic (exact) mass is 888 g/mol. The molecule has 0 radical (unpaired) electrons. The number of aliphatic hydroxyl groups excluding tert-OH is 11. The van der Waals surface area contributed by atoms with Crippen molar-refractivity contribution >= 4 is 11.6 Å². The van der Waals surface area contributed by atoms with Crippen LogP contribution in [0.3, 0.4) is 0 Å². The van der Waals surface area contributed by atoms with Gasteiger partial charge in [0.2, 0.25) is 0 Å². The molecule has 0 aromatic heterocycles. The lowest BCUT2D eigenvalue weighted by atomic mass is 9.47. The molecule has 3 saturated carbocycles. The zero-order chi connectivity index (χ0) is 45.2. The number of ketones is 2. The molecule has 0 bridgehead atoms. The number of aliphatic hydroxyl groups is 11. The van der Waals surface area contributed by atoms with Gasteiger partial charge in [-0.1, -0.05) is 39.3 Å². The second-order valence-electron chi connectivity index (χ2n) is 19.7. The fourth-order valence-corrected chi connectivity index (χ4v) is 12.2. The van der Waals surface area contributed by atoms with Crippen LogP contribution in [0.25, 0.3) is 0 Å². The fourth-order valence-electron chi connectivity index (χ4n) is 12.2. The summed E-state index contributed by atoms with van der Waals surface area (Å²) in [6, 6.07) is 0. The highest BCUT2D eigenvalue weighted by molar-refractivity contribution is 5.92. The first-order chi connectivity index (χ1) is 29.2. The fraction of sp³-hybridized carbons (Fsp3) is 0.907. The van der Waals surface area contributed by atoms with Crippen LogP contribution in [0.4, 0.5) is 0 Å². The Bertz CT molecular complexity index is 1620. The average molecular weight is 889 g/mol. The molecule has 24 atom stereocenters. The summed E-state index contributed by atoms with van der Waals surface area (Å²) in [6.45, 7) is 7.49. The van der Waals surface area contributed by atoms with Crippen molar-refractivity contribution in [1.82, 2.24) is 0 Å². The highest BCUT2D eigenvalue weighted by Crippen LogP contribution is 2.66. The van der Waals surface area contributed by atoms with E-state index in [4.69, 9.17) is 28.4 Å². The van der Waals surface area contributed by atoms with Gasteiger partial charge in [-0.25, -0.2) is 0 Å². The van der Waals surface area contributed by atoms with Gasteiger partial charge in [-0.3, -0.25) is 9.59 Å². The summed E-state index contributed by atoms with van der Waals surface area (Å²) in [4.78, 5) is 27.2. The molecule has 6 fully saturated rings. The van der Waals surface area contributed by atoms with Crippen molar-refractivity contribution in [2.45, 2.75) is 184 Å². The molecule has 0 spiro atoms. The molecule has 7 aliphatic rings. The number of carbonyl (C=O) groups is 2. The van der Waals surface area contributed by atoms with Gasteiger partial charge in [0.15, 0.2) is 31.5 Å². The number of rotatable bonds is 13. The molecule has 7 rings (SSSR count). The van der Waals surface area contributed by atoms with Crippen LogP contribution < -0.4 is 0 Å². The van der Waals surface area contributed by atoms with E-state index in [1.807, 2.05) is 13.8 Å². The summed E-state index contributed by atoms with van der Waals surface area (Å²) in [7, 11) is 0. The molecular weight excluding hydrogens is 820 g/mol. The Labute approximate surface area is 360 Å². The van der Waals surface area contributed by atoms with E-state index < -0.39 is 111 Å². The highest BCUT2D eigenvalue weighted by Gasteiger charge is 2.63. The Morgan fingerprint density at radius 3 is 1.95 bits per heavy atom. The summed E-state index contributed by atoms with van der Waals surface area (Å²) in [6.07, 6.45) is -20.0. The largest absolute Gasteiger partial charge is 0.396 e. The molecule has 3 saturated heterocycles. The number of Topliss-reactive ketones (excluding diaryl/α,β-unsaturated/α-hetero) is 2. The zero-order valence-electron chi connectivity index (χ0n) is 35.7. The van der Waals surface area contributed by atoms with Crippen LogP contribution in [-0.4, -0.2) is 180 Å². The topological polar surface area (TPSA) is 312 Å². The van der Waals surface area contributed by atoms with Gasteiger partial charge in [0.05, 0.1) is 12.7 Å². The lowest BCUT2D eigenvalue weighted by molar-refractivity contribution is -0.405. The maximum absolute atomic E-state index is 13.8. The van der Waals surface area contributed by atoms with Crippen LogP contribution in [0.1, 0.15) is 85.5 Å². The number of hydrogen-bond donors (Lipinski definition) is 11. The molecule has 4 aliphatic carbocycles. The van der Waals surface area contributed by atoms with E-state index in [0.29, 0.717) is 38.5 Å². The standard InChI is InChI=1S/C43H68O19/c1-17(15-44)5-8-24(46)18(2)27-25(47)14-23-21-7-6-19-13-20(9-11-42(19,3)22(21)10-12-43(23,27)4)57-41-36(60-40-33(53)29(49)31(51)38(56)62-40)34(54)35(26(16-45)58-41)59-39-32(52)28(48)30(50)37(55)61-39/h6,17-18,20-23,26-41,44-45,48-56H,5,7-16H2,1-4H3/t17-,18+,20?,21+,22-,23-,26+,27+,28+,29+,30+,31+,32+,33+,34-,35+,36+,37+,38+,39-,40-,41+,42-,43-/m0/s1. The van der Waals surface area contributed by atoms with Gasteiger partial charge in [-0.2, -0.15) is 0 Å². The van der Waals surface area contributed by atoms with Crippen LogP contribution in [-0.2, 0) is 38.0 Å². The summed E-state index contributed by atoms with van der Waals surface area (Å²) in [5.74, 6) is 0.164. The lowest BCUT2D eigenvalue weighted by Gasteiger charge is -2.58. The predicted molar refractivity (Wildman–Crippen MR) is 209 cm³/mol. The summed E-state index contributed by atoms with van der Waals surface area (Å²) in [5.41, 5.74) is 0.640. The maximum atomic E-state index is 13.8. The first-order valence-corrected chi connectivity index (χ1v) is 22.3. The molecule has 3 aliphatic heterocycles. The normalized spacial score (nSPS) is 50.5. The van der Waals surface area contributed by atoms with E-state index in [-0.39, 0.29) is 58.6 Å². The van der Waals surface area contributed by atoms with E-state index in [1.165, 1.54) is 5.57 Å². The van der Waals surface area contributed by atoms with Gasteiger partial charge < -0.3 is 84.6 Å². The summed E-state index contributed by atoms with van der Waals surface area (Å²) < 4.78 is 34.8. The van der Waals surface area contributed by atoms with E-state index >= 15 is 0 Å². The molecule has 62 heavy (non-hydrogen) atoms. The smallest absolute Gasteiger partial charge is 0.189 e.